The lowest BCUT2D eigenvalue weighted by Crippen LogP contribution is -2.24. The first-order valence-electron chi connectivity index (χ1n) is 7.42. The molecule has 0 spiro atoms. The molecule has 1 aliphatic rings. The summed E-state index contributed by atoms with van der Waals surface area (Å²) in [5.74, 6) is 0.0732. The van der Waals surface area contributed by atoms with E-state index in [2.05, 4.69) is 5.32 Å². The summed E-state index contributed by atoms with van der Waals surface area (Å²) in [5, 5.41) is 11.4. The molecule has 1 amide bonds. The molecule has 0 atom stereocenters. The monoisotopic (exact) mass is 291 g/mol. The maximum absolute atomic E-state index is 12.0. The first-order chi connectivity index (χ1) is 10.2. The van der Waals surface area contributed by atoms with Gasteiger partial charge in [0.15, 0.2) is 0 Å². The first kappa shape index (κ1) is 15.4. The van der Waals surface area contributed by atoms with Crippen molar-refractivity contribution in [3.63, 3.8) is 0 Å². The minimum Gasteiger partial charge on any atom is -0.493 e. The van der Waals surface area contributed by atoms with Gasteiger partial charge in [-0.1, -0.05) is 12.8 Å². The fraction of sp³-hybridized carbons (Fsp3) is 0.500. The van der Waals surface area contributed by atoms with E-state index in [0.717, 1.165) is 37.0 Å². The molecule has 0 unspecified atom stereocenters. The predicted molar refractivity (Wildman–Crippen MR) is 78.7 cm³/mol. The van der Waals surface area contributed by atoms with E-state index in [-0.39, 0.29) is 12.3 Å². The number of fused-ring (bicyclic) bond motifs is 1. The van der Waals surface area contributed by atoms with Crippen molar-refractivity contribution in [1.29, 1.82) is 0 Å². The molecular formula is C16H21NO4. The summed E-state index contributed by atoms with van der Waals surface area (Å²) >= 11 is 0. The van der Waals surface area contributed by atoms with E-state index in [0.29, 0.717) is 25.1 Å². The van der Waals surface area contributed by atoms with Gasteiger partial charge in [0, 0.05) is 24.9 Å². The van der Waals surface area contributed by atoms with Crippen LogP contribution in [-0.2, 0) is 11.2 Å². The summed E-state index contributed by atoms with van der Waals surface area (Å²) in [6.45, 7) is 1.32. The van der Waals surface area contributed by atoms with Gasteiger partial charge in [0.2, 0.25) is 0 Å². The SMILES string of the molecule is O=C(O)CCCCCCNC(=O)c1ccc2c(c1)CCO2. The van der Waals surface area contributed by atoms with Crippen LogP contribution in [0.4, 0.5) is 0 Å². The van der Waals surface area contributed by atoms with Crippen molar-refractivity contribution in [3.05, 3.63) is 29.3 Å². The molecule has 1 aromatic rings. The third kappa shape index (κ3) is 4.77. The quantitative estimate of drug-likeness (QED) is 0.721. The molecule has 114 valence electrons. The Balaban J connectivity index is 1.64. The second-order valence-corrected chi connectivity index (χ2v) is 5.23. The van der Waals surface area contributed by atoms with Crippen LogP contribution in [0.15, 0.2) is 18.2 Å². The van der Waals surface area contributed by atoms with Crippen molar-refractivity contribution in [2.75, 3.05) is 13.2 Å². The number of carboxylic acid groups (broad SMARTS) is 1. The maximum Gasteiger partial charge on any atom is 0.303 e. The van der Waals surface area contributed by atoms with Crippen molar-refractivity contribution < 1.29 is 19.4 Å². The number of carboxylic acids is 1. The molecule has 1 heterocycles. The summed E-state index contributed by atoms with van der Waals surface area (Å²) < 4.78 is 5.41. The summed E-state index contributed by atoms with van der Waals surface area (Å²) in [7, 11) is 0. The van der Waals surface area contributed by atoms with E-state index >= 15 is 0 Å². The maximum atomic E-state index is 12.0. The summed E-state index contributed by atoms with van der Waals surface area (Å²) in [6, 6.07) is 5.53. The zero-order chi connectivity index (χ0) is 15.1. The van der Waals surface area contributed by atoms with E-state index in [4.69, 9.17) is 9.84 Å². The molecule has 2 N–H and O–H groups in total. The highest BCUT2D eigenvalue weighted by Gasteiger charge is 2.14. The van der Waals surface area contributed by atoms with Gasteiger partial charge in [-0.3, -0.25) is 9.59 Å². The number of aliphatic carboxylic acids is 1. The average Bonchev–Trinajstić information content (AvgIpc) is 2.93. The van der Waals surface area contributed by atoms with Crippen LogP contribution in [0.5, 0.6) is 5.75 Å². The molecule has 21 heavy (non-hydrogen) atoms. The predicted octanol–water partition coefficient (Wildman–Crippen LogP) is 2.39. The Hall–Kier alpha value is -2.04. The third-order valence-electron chi connectivity index (χ3n) is 3.55. The van der Waals surface area contributed by atoms with Gasteiger partial charge in [-0.05, 0) is 36.6 Å². The lowest BCUT2D eigenvalue weighted by atomic mass is 10.1. The van der Waals surface area contributed by atoms with Crippen molar-refractivity contribution in [3.8, 4) is 5.75 Å². The molecule has 1 aliphatic heterocycles. The molecule has 0 aromatic heterocycles. The van der Waals surface area contributed by atoms with Crippen LogP contribution in [0.1, 0.15) is 48.0 Å². The van der Waals surface area contributed by atoms with E-state index in [1.165, 1.54) is 0 Å². The Labute approximate surface area is 124 Å². The minimum absolute atomic E-state index is 0.0600. The number of benzene rings is 1. The highest BCUT2D eigenvalue weighted by Crippen LogP contribution is 2.25. The topological polar surface area (TPSA) is 75.6 Å². The largest absolute Gasteiger partial charge is 0.493 e. The van der Waals surface area contributed by atoms with Gasteiger partial charge in [0.1, 0.15) is 5.75 Å². The molecule has 2 rings (SSSR count). The summed E-state index contributed by atoms with van der Waals surface area (Å²) in [5.41, 5.74) is 1.77. The Morgan fingerprint density at radius 2 is 2.00 bits per heavy atom. The second kappa shape index (κ2) is 7.67. The van der Waals surface area contributed by atoms with E-state index < -0.39 is 5.97 Å². The van der Waals surface area contributed by atoms with Crippen LogP contribution < -0.4 is 10.1 Å². The minimum atomic E-state index is -0.746. The number of ether oxygens (including phenoxy) is 1. The van der Waals surface area contributed by atoms with Crippen molar-refractivity contribution >= 4 is 11.9 Å². The first-order valence-corrected chi connectivity index (χ1v) is 7.42. The highest BCUT2D eigenvalue weighted by atomic mass is 16.5. The molecule has 0 radical (unpaired) electrons. The molecule has 0 saturated heterocycles. The van der Waals surface area contributed by atoms with Crippen LogP contribution in [0.3, 0.4) is 0 Å². The van der Waals surface area contributed by atoms with Crippen LogP contribution in [0, 0.1) is 0 Å². The van der Waals surface area contributed by atoms with Gasteiger partial charge >= 0.3 is 5.97 Å². The Morgan fingerprint density at radius 1 is 1.19 bits per heavy atom. The van der Waals surface area contributed by atoms with Gasteiger partial charge in [-0.15, -0.1) is 0 Å². The zero-order valence-corrected chi connectivity index (χ0v) is 12.1. The second-order valence-electron chi connectivity index (χ2n) is 5.23. The van der Waals surface area contributed by atoms with Gasteiger partial charge in [-0.2, -0.15) is 0 Å². The molecule has 0 aliphatic carbocycles. The Kier molecular flexibility index (Phi) is 5.60. The lowest BCUT2D eigenvalue weighted by Gasteiger charge is -2.06. The summed E-state index contributed by atoms with van der Waals surface area (Å²) in [4.78, 5) is 22.3. The Bertz CT molecular complexity index is 513. The van der Waals surface area contributed by atoms with Gasteiger partial charge in [0.05, 0.1) is 6.61 Å². The number of carbonyl (C=O) groups is 2. The average molecular weight is 291 g/mol. The Morgan fingerprint density at radius 3 is 2.81 bits per heavy atom. The number of carbonyl (C=O) groups excluding carboxylic acids is 1. The normalized spacial score (nSPS) is 12.6. The van der Waals surface area contributed by atoms with E-state index in [1.54, 1.807) is 6.07 Å². The highest BCUT2D eigenvalue weighted by molar-refractivity contribution is 5.94. The standard InChI is InChI=1S/C16H21NO4/c18-15(19)5-3-1-2-4-9-17-16(20)13-6-7-14-12(11-13)8-10-21-14/h6-7,11H,1-5,8-10H2,(H,17,20)(H,18,19). The van der Waals surface area contributed by atoms with Crippen molar-refractivity contribution in [1.82, 2.24) is 5.32 Å². The van der Waals surface area contributed by atoms with E-state index in [9.17, 15) is 9.59 Å². The van der Waals surface area contributed by atoms with Crippen LogP contribution in [0.2, 0.25) is 0 Å². The van der Waals surface area contributed by atoms with Crippen LogP contribution in [0.25, 0.3) is 0 Å². The number of hydrogen-bond donors (Lipinski definition) is 2. The lowest BCUT2D eigenvalue weighted by molar-refractivity contribution is -0.137. The van der Waals surface area contributed by atoms with Crippen molar-refractivity contribution in [2.24, 2.45) is 0 Å². The molecule has 1 aromatic carbocycles. The molecule has 0 saturated carbocycles. The fourth-order valence-electron chi connectivity index (χ4n) is 2.39. The molecule has 5 nitrogen and oxygen atoms in total. The number of nitrogens with one attached hydrogen (secondary N) is 1. The number of amides is 1. The number of unbranched alkanes of at least 4 members (excludes halogenated alkanes) is 3. The molecule has 0 fully saturated rings. The van der Waals surface area contributed by atoms with Crippen molar-refractivity contribution in [2.45, 2.75) is 38.5 Å². The molecule has 5 heteroatoms. The zero-order valence-electron chi connectivity index (χ0n) is 12.1. The van der Waals surface area contributed by atoms with Gasteiger partial charge in [0.25, 0.3) is 5.91 Å². The van der Waals surface area contributed by atoms with E-state index in [1.807, 2.05) is 12.1 Å². The van der Waals surface area contributed by atoms with Crippen LogP contribution in [-0.4, -0.2) is 30.1 Å². The van der Waals surface area contributed by atoms with Crippen LogP contribution >= 0.6 is 0 Å². The van der Waals surface area contributed by atoms with Gasteiger partial charge in [-0.25, -0.2) is 0 Å². The molecular weight excluding hydrogens is 270 g/mol. The fourth-order valence-corrected chi connectivity index (χ4v) is 2.39. The van der Waals surface area contributed by atoms with Gasteiger partial charge < -0.3 is 15.2 Å². The number of rotatable bonds is 8. The number of hydrogen-bond acceptors (Lipinski definition) is 3. The third-order valence-corrected chi connectivity index (χ3v) is 3.55. The molecule has 0 bridgehead atoms. The summed E-state index contributed by atoms with van der Waals surface area (Å²) in [6.07, 6.45) is 4.49. The smallest absolute Gasteiger partial charge is 0.303 e.